The smallest absolute Gasteiger partial charge is 0.334 e. The molecule has 1 aromatic rings. The van der Waals surface area contributed by atoms with Gasteiger partial charge in [-0.25, -0.2) is 4.79 Å². The molecule has 1 heterocycles. The minimum atomic E-state index is -0.303. The van der Waals surface area contributed by atoms with Crippen LogP contribution >= 0.6 is 0 Å². The number of nitrogens with one attached hydrogen (secondary N) is 1. The fourth-order valence-electron chi connectivity index (χ4n) is 3.10. The SMILES string of the molecule is C=C(C(=O)OC)[C@H]1CCCN1[C@@H](CNC)c1ccccc1. The lowest BCUT2D eigenvalue weighted by Crippen LogP contribution is -2.40. The summed E-state index contributed by atoms with van der Waals surface area (Å²) in [5.41, 5.74) is 1.82. The second-order valence-corrected chi connectivity index (χ2v) is 5.40. The first-order valence-electron chi connectivity index (χ1n) is 7.41. The van der Waals surface area contributed by atoms with Crippen LogP contribution in [0.5, 0.6) is 0 Å². The van der Waals surface area contributed by atoms with Crippen LogP contribution in [0.25, 0.3) is 0 Å². The summed E-state index contributed by atoms with van der Waals surface area (Å²) in [7, 11) is 3.37. The van der Waals surface area contributed by atoms with E-state index in [1.165, 1.54) is 12.7 Å². The van der Waals surface area contributed by atoms with Gasteiger partial charge in [-0.1, -0.05) is 36.9 Å². The van der Waals surface area contributed by atoms with E-state index < -0.39 is 0 Å². The van der Waals surface area contributed by atoms with Crippen LogP contribution in [0.2, 0.25) is 0 Å². The number of hydrogen-bond acceptors (Lipinski definition) is 4. The Kier molecular flexibility index (Phi) is 5.53. The van der Waals surface area contributed by atoms with Gasteiger partial charge in [0.05, 0.1) is 7.11 Å². The average molecular weight is 288 g/mol. The first-order chi connectivity index (χ1) is 10.2. The number of likely N-dealkylation sites (N-methyl/N-ethyl adjacent to an activating group) is 1. The number of carbonyl (C=O) groups excluding carboxylic acids is 1. The van der Waals surface area contributed by atoms with Crippen molar-refractivity contribution in [3.05, 3.63) is 48.0 Å². The molecule has 1 aliphatic rings. The van der Waals surface area contributed by atoms with Gasteiger partial charge in [0.15, 0.2) is 0 Å². The Morgan fingerprint density at radius 2 is 2.19 bits per heavy atom. The summed E-state index contributed by atoms with van der Waals surface area (Å²) in [6.45, 7) is 5.77. The fourth-order valence-corrected chi connectivity index (χ4v) is 3.10. The van der Waals surface area contributed by atoms with E-state index in [-0.39, 0.29) is 18.1 Å². The van der Waals surface area contributed by atoms with Gasteiger partial charge in [-0.2, -0.15) is 0 Å². The molecule has 1 aliphatic heterocycles. The third-order valence-electron chi connectivity index (χ3n) is 4.13. The normalized spacial score (nSPS) is 20.2. The predicted octanol–water partition coefficient (Wildman–Crippen LogP) is 2.14. The van der Waals surface area contributed by atoms with E-state index >= 15 is 0 Å². The summed E-state index contributed by atoms with van der Waals surface area (Å²) >= 11 is 0. The number of likely N-dealkylation sites (tertiary alicyclic amines) is 1. The second kappa shape index (κ2) is 7.38. The zero-order valence-corrected chi connectivity index (χ0v) is 12.8. The van der Waals surface area contributed by atoms with Crippen molar-refractivity contribution in [2.75, 3.05) is 27.2 Å². The molecule has 1 N–H and O–H groups in total. The van der Waals surface area contributed by atoms with Crippen LogP contribution in [0, 0.1) is 0 Å². The standard InChI is InChI=1S/C17H24N2O2/c1-13(17(20)21-3)15-10-7-11-19(15)16(12-18-2)14-8-5-4-6-9-14/h4-6,8-9,15-16,18H,1,7,10-12H2,2-3H3/t15-,16+/m1/s1. The fraction of sp³-hybridized carbons (Fsp3) is 0.471. The first-order valence-corrected chi connectivity index (χ1v) is 7.41. The zero-order chi connectivity index (χ0) is 15.2. The first kappa shape index (κ1) is 15.7. The van der Waals surface area contributed by atoms with Gasteiger partial charge in [-0.15, -0.1) is 0 Å². The van der Waals surface area contributed by atoms with Crippen molar-refractivity contribution >= 4 is 5.97 Å². The molecule has 4 heteroatoms. The van der Waals surface area contributed by atoms with Gasteiger partial charge in [-0.05, 0) is 32.0 Å². The Hall–Kier alpha value is -1.65. The Morgan fingerprint density at radius 1 is 1.48 bits per heavy atom. The highest BCUT2D eigenvalue weighted by Gasteiger charge is 2.35. The summed E-state index contributed by atoms with van der Waals surface area (Å²) in [6.07, 6.45) is 2.04. The number of hydrogen-bond donors (Lipinski definition) is 1. The Bertz CT molecular complexity index is 487. The summed E-state index contributed by atoms with van der Waals surface area (Å²) in [6, 6.07) is 10.7. The van der Waals surface area contributed by atoms with Gasteiger partial charge in [-0.3, -0.25) is 4.90 Å². The van der Waals surface area contributed by atoms with Crippen molar-refractivity contribution in [3.63, 3.8) is 0 Å². The molecule has 0 aromatic heterocycles. The Labute approximate surface area is 126 Å². The van der Waals surface area contributed by atoms with Crippen LogP contribution in [-0.4, -0.2) is 44.2 Å². The lowest BCUT2D eigenvalue weighted by molar-refractivity contribution is -0.136. The van der Waals surface area contributed by atoms with Gasteiger partial charge < -0.3 is 10.1 Å². The molecular formula is C17H24N2O2. The van der Waals surface area contributed by atoms with Crippen molar-refractivity contribution in [1.29, 1.82) is 0 Å². The van der Waals surface area contributed by atoms with E-state index in [0.29, 0.717) is 5.57 Å². The zero-order valence-electron chi connectivity index (χ0n) is 12.8. The highest BCUT2D eigenvalue weighted by Crippen LogP contribution is 2.32. The number of nitrogens with zero attached hydrogens (tertiary/aromatic N) is 1. The number of rotatable bonds is 6. The monoisotopic (exact) mass is 288 g/mol. The number of benzene rings is 1. The van der Waals surface area contributed by atoms with Crippen molar-refractivity contribution in [3.8, 4) is 0 Å². The lowest BCUT2D eigenvalue weighted by atomic mass is 10.0. The maximum absolute atomic E-state index is 11.8. The summed E-state index contributed by atoms with van der Waals surface area (Å²) < 4.78 is 4.84. The van der Waals surface area contributed by atoms with Gasteiger partial charge in [0, 0.05) is 24.2 Å². The van der Waals surface area contributed by atoms with Crippen molar-refractivity contribution in [2.45, 2.75) is 24.9 Å². The summed E-state index contributed by atoms with van der Waals surface area (Å²) in [5, 5.41) is 3.26. The molecule has 4 nitrogen and oxygen atoms in total. The maximum Gasteiger partial charge on any atom is 0.334 e. The van der Waals surface area contributed by atoms with Gasteiger partial charge >= 0.3 is 5.97 Å². The highest BCUT2D eigenvalue weighted by atomic mass is 16.5. The molecule has 1 fully saturated rings. The van der Waals surface area contributed by atoms with E-state index in [0.717, 1.165) is 25.9 Å². The Balaban J connectivity index is 2.23. The number of esters is 1. The average Bonchev–Trinajstić information content (AvgIpc) is 3.01. The van der Waals surface area contributed by atoms with Crippen molar-refractivity contribution in [2.24, 2.45) is 0 Å². The number of methoxy groups -OCH3 is 1. The summed E-state index contributed by atoms with van der Waals surface area (Å²) in [5.74, 6) is -0.303. The van der Waals surface area contributed by atoms with Crippen LogP contribution < -0.4 is 5.32 Å². The number of carbonyl (C=O) groups is 1. The molecule has 0 spiro atoms. The van der Waals surface area contributed by atoms with Crippen LogP contribution in [0.15, 0.2) is 42.5 Å². The maximum atomic E-state index is 11.8. The third-order valence-corrected chi connectivity index (χ3v) is 4.13. The number of ether oxygens (including phenoxy) is 1. The highest BCUT2D eigenvalue weighted by molar-refractivity contribution is 5.89. The van der Waals surface area contributed by atoms with Crippen LogP contribution in [0.3, 0.4) is 0 Å². The quantitative estimate of drug-likeness (QED) is 0.643. The molecule has 0 unspecified atom stereocenters. The topological polar surface area (TPSA) is 41.6 Å². The molecule has 2 rings (SSSR count). The molecule has 0 aliphatic carbocycles. The minimum Gasteiger partial charge on any atom is -0.466 e. The molecule has 1 saturated heterocycles. The van der Waals surface area contributed by atoms with E-state index in [4.69, 9.17) is 4.74 Å². The molecule has 1 aromatic carbocycles. The molecule has 0 bridgehead atoms. The van der Waals surface area contributed by atoms with Gasteiger partial charge in [0.2, 0.25) is 0 Å². The van der Waals surface area contributed by atoms with Crippen molar-refractivity contribution in [1.82, 2.24) is 10.2 Å². The van der Waals surface area contributed by atoms with Crippen molar-refractivity contribution < 1.29 is 9.53 Å². The molecule has 2 atom stereocenters. The third kappa shape index (κ3) is 3.52. The lowest BCUT2D eigenvalue weighted by Gasteiger charge is -2.33. The predicted molar refractivity (Wildman–Crippen MR) is 84.0 cm³/mol. The molecule has 0 amide bonds. The van der Waals surface area contributed by atoms with Gasteiger partial charge in [0.1, 0.15) is 0 Å². The summed E-state index contributed by atoms with van der Waals surface area (Å²) in [4.78, 5) is 14.2. The molecular weight excluding hydrogens is 264 g/mol. The largest absolute Gasteiger partial charge is 0.466 e. The Morgan fingerprint density at radius 3 is 2.81 bits per heavy atom. The van der Waals surface area contributed by atoms with Crippen LogP contribution in [0.4, 0.5) is 0 Å². The van der Waals surface area contributed by atoms with E-state index in [1.807, 2.05) is 13.1 Å². The van der Waals surface area contributed by atoms with Crippen LogP contribution in [-0.2, 0) is 9.53 Å². The van der Waals surface area contributed by atoms with E-state index in [9.17, 15) is 4.79 Å². The van der Waals surface area contributed by atoms with E-state index in [1.54, 1.807) is 0 Å². The van der Waals surface area contributed by atoms with Crippen LogP contribution in [0.1, 0.15) is 24.4 Å². The molecule has 21 heavy (non-hydrogen) atoms. The van der Waals surface area contributed by atoms with Gasteiger partial charge in [0.25, 0.3) is 0 Å². The minimum absolute atomic E-state index is 0.0657. The molecule has 0 saturated carbocycles. The molecule has 114 valence electrons. The molecule has 0 radical (unpaired) electrons. The van der Waals surface area contributed by atoms with E-state index in [2.05, 4.69) is 41.1 Å². The second-order valence-electron chi connectivity index (χ2n) is 5.40.